The molecule has 1 amide bonds. The van der Waals surface area contributed by atoms with E-state index in [0.29, 0.717) is 22.3 Å². The van der Waals surface area contributed by atoms with Gasteiger partial charge in [0.15, 0.2) is 0 Å². The number of hydrogen-bond donors (Lipinski definition) is 2. The molecule has 4 aromatic heterocycles. The molecule has 0 spiro atoms. The third-order valence-electron chi connectivity index (χ3n) is 5.92. The third-order valence-corrected chi connectivity index (χ3v) is 6.32. The molecule has 4 aromatic rings. The topological polar surface area (TPSA) is 107 Å². The van der Waals surface area contributed by atoms with Gasteiger partial charge >= 0.3 is 0 Å². The number of aromatic nitrogens is 4. The monoisotopic (exact) mass is 470 g/mol. The summed E-state index contributed by atoms with van der Waals surface area (Å²) in [7, 11) is 0. The minimum Gasteiger partial charge on any atom is -0.349 e. The molecule has 1 fully saturated rings. The molecule has 0 bridgehead atoms. The van der Waals surface area contributed by atoms with Crippen LogP contribution in [0.25, 0.3) is 33.5 Å². The average molecular weight is 471 g/mol. The lowest BCUT2D eigenvalue weighted by Gasteiger charge is -2.15. The van der Waals surface area contributed by atoms with Gasteiger partial charge in [-0.15, -0.1) is 0 Å². The molecule has 0 radical (unpaired) electrons. The van der Waals surface area contributed by atoms with Crippen molar-refractivity contribution in [2.75, 3.05) is 6.54 Å². The van der Waals surface area contributed by atoms with Gasteiger partial charge in [0.05, 0.1) is 27.9 Å². The van der Waals surface area contributed by atoms with E-state index in [1.165, 1.54) is 12.8 Å². The zero-order valence-electron chi connectivity index (χ0n) is 18.9. The van der Waals surface area contributed by atoms with Crippen molar-refractivity contribution < 1.29 is 4.79 Å². The number of H-pyrrole nitrogens is 1. The molecule has 0 aliphatic heterocycles. The molecule has 0 saturated heterocycles. The zero-order valence-corrected chi connectivity index (χ0v) is 19.6. The van der Waals surface area contributed by atoms with Crippen LogP contribution in [0.4, 0.5) is 0 Å². The van der Waals surface area contributed by atoms with Gasteiger partial charge in [0.2, 0.25) is 0 Å². The van der Waals surface area contributed by atoms with Crippen LogP contribution in [0, 0.1) is 16.7 Å². The summed E-state index contributed by atoms with van der Waals surface area (Å²) in [6.07, 6.45) is 5.90. The van der Waals surface area contributed by atoms with E-state index < -0.39 is 5.41 Å². The van der Waals surface area contributed by atoms with Gasteiger partial charge in [-0.05, 0) is 57.0 Å². The Morgan fingerprint density at radius 2 is 2.06 bits per heavy atom. The molecule has 170 valence electrons. The van der Waals surface area contributed by atoms with Gasteiger partial charge in [-0.25, -0.2) is 9.97 Å². The molecule has 0 atom stereocenters. The van der Waals surface area contributed by atoms with Crippen molar-refractivity contribution in [3.8, 4) is 28.6 Å². The van der Waals surface area contributed by atoms with Crippen LogP contribution in [0.1, 0.15) is 48.8 Å². The summed E-state index contributed by atoms with van der Waals surface area (Å²) in [6, 6.07) is 13.4. The van der Waals surface area contributed by atoms with Crippen LogP contribution in [-0.2, 0) is 0 Å². The minimum absolute atomic E-state index is 0.237. The highest BCUT2D eigenvalue weighted by Crippen LogP contribution is 2.41. The van der Waals surface area contributed by atoms with Crippen molar-refractivity contribution in [1.29, 1.82) is 5.26 Å². The molecule has 2 N–H and O–H groups in total. The zero-order chi connectivity index (χ0) is 23.9. The predicted octanol–water partition coefficient (Wildman–Crippen LogP) is 5.50. The lowest BCUT2D eigenvalue weighted by Crippen LogP contribution is -2.33. The number of carbonyl (C=O) groups is 1. The smallest absolute Gasteiger partial charge is 0.269 e. The van der Waals surface area contributed by atoms with Crippen molar-refractivity contribution in [2.24, 2.45) is 5.41 Å². The molecule has 4 heterocycles. The van der Waals surface area contributed by atoms with Crippen LogP contribution < -0.4 is 5.32 Å². The van der Waals surface area contributed by atoms with Gasteiger partial charge < -0.3 is 10.3 Å². The standard InChI is InChI=1S/C26H23ClN6O/c1-26(2,13-28)14-31-25(34)20-5-3-4-19(32-20)17-10-18-22(27)23(33-24(18)30-12-17)16-8-9-29-21(11-16)15-6-7-15/h3-5,8-12,15H,6-7,14H2,1-2H3,(H,30,33)(H,31,34). The number of pyridine rings is 3. The second kappa shape index (κ2) is 8.54. The van der Waals surface area contributed by atoms with E-state index in [9.17, 15) is 4.79 Å². The lowest BCUT2D eigenvalue weighted by molar-refractivity contribution is 0.0939. The summed E-state index contributed by atoms with van der Waals surface area (Å²) in [4.78, 5) is 29.5. The van der Waals surface area contributed by atoms with Crippen LogP contribution in [0.5, 0.6) is 0 Å². The summed E-state index contributed by atoms with van der Waals surface area (Å²) >= 11 is 6.78. The lowest BCUT2D eigenvalue weighted by atomic mass is 9.96. The Balaban J connectivity index is 1.44. The molecular weight excluding hydrogens is 448 g/mol. The van der Waals surface area contributed by atoms with E-state index in [0.717, 1.165) is 27.9 Å². The molecule has 7 nitrogen and oxygen atoms in total. The van der Waals surface area contributed by atoms with E-state index in [4.69, 9.17) is 16.9 Å². The van der Waals surface area contributed by atoms with Crippen LogP contribution in [0.15, 0.2) is 48.8 Å². The molecule has 1 aliphatic rings. The van der Waals surface area contributed by atoms with Crippen molar-refractivity contribution >= 4 is 28.5 Å². The van der Waals surface area contributed by atoms with Gasteiger partial charge in [-0.1, -0.05) is 17.7 Å². The van der Waals surface area contributed by atoms with Crippen LogP contribution in [-0.4, -0.2) is 32.4 Å². The summed E-state index contributed by atoms with van der Waals surface area (Å²) in [5.74, 6) is 0.222. The van der Waals surface area contributed by atoms with Crippen molar-refractivity contribution in [1.82, 2.24) is 25.3 Å². The van der Waals surface area contributed by atoms with Crippen molar-refractivity contribution in [3.63, 3.8) is 0 Å². The first-order valence-electron chi connectivity index (χ1n) is 11.1. The predicted molar refractivity (Wildman–Crippen MR) is 131 cm³/mol. The molecule has 0 unspecified atom stereocenters. The largest absolute Gasteiger partial charge is 0.349 e. The number of nitriles is 1. The SMILES string of the molecule is CC(C)(C#N)CNC(=O)c1cccc(-c2cnc3[nH]c(-c4ccnc(C5CC5)c4)c(Cl)c3c2)n1. The number of carbonyl (C=O) groups excluding carboxylic acids is 1. The Labute approximate surface area is 202 Å². The van der Waals surface area contributed by atoms with E-state index in [1.807, 2.05) is 24.4 Å². The maximum absolute atomic E-state index is 12.6. The summed E-state index contributed by atoms with van der Waals surface area (Å²) < 4.78 is 0. The second-order valence-electron chi connectivity index (χ2n) is 9.26. The number of nitrogens with zero attached hydrogens (tertiary/aromatic N) is 4. The molecule has 8 heteroatoms. The Morgan fingerprint density at radius 1 is 1.24 bits per heavy atom. The second-order valence-corrected chi connectivity index (χ2v) is 9.64. The fourth-order valence-corrected chi connectivity index (χ4v) is 4.04. The third kappa shape index (κ3) is 4.37. The van der Waals surface area contributed by atoms with Gasteiger partial charge in [0.1, 0.15) is 11.3 Å². The normalized spacial score (nSPS) is 13.6. The molecule has 0 aromatic carbocycles. The van der Waals surface area contributed by atoms with Gasteiger partial charge in [0.25, 0.3) is 5.91 Å². The minimum atomic E-state index is -0.654. The first-order valence-corrected chi connectivity index (χ1v) is 11.5. The Kier molecular flexibility index (Phi) is 5.54. The molecule has 1 aliphatic carbocycles. The number of rotatable bonds is 6. The number of nitrogens with one attached hydrogen (secondary N) is 2. The fraction of sp³-hybridized carbons (Fsp3) is 0.269. The number of aromatic amines is 1. The van der Waals surface area contributed by atoms with Gasteiger partial charge in [-0.2, -0.15) is 5.26 Å². The number of fused-ring (bicyclic) bond motifs is 1. The van der Waals surface area contributed by atoms with Crippen LogP contribution in [0.2, 0.25) is 5.02 Å². The van der Waals surface area contributed by atoms with Gasteiger partial charge in [-0.3, -0.25) is 9.78 Å². The van der Waals surface area contributed by atoms with Crippen molar-refractivity contribution in [2.45, 2.75) is 32.6 Å². The van der Waals surface area contributed by atoms with Crippen LogP contribution >= 0.6 is 11.6 Å². The summed E-state index contributed by atoms with van der Waals surface area (Å²) in [5, 5.41) is 13.3. The average Bonchev–Trinajstić information content (AvgIpc) is 3.66. The Hall–Kier alpha value is -3.76. The van der Waals surface area contributed by atoms with Crippen molar-refractivity contribution in [3.05, 3.63) is 65.2 Å². The highest BCUT2D eigenvalue weighted by Gasteiger charge is 2.25. The molecule has 1 saturated carbocycles. The van der Waals surface area contributed by atoms with Crippen LogP contribution in [0.3, 0.4) is 0 Å². The number of hydrogen-bond acceptors (Lipinski definition) is 5. The number of halogens is 1. The first kappa shape index (κ1) is 22.1. The van der Waals surface area contributed by atoms with Gasteiger partial charge in [0, 0.05) is 47.1 Å². The number of amides is 1. The fourth-order valence-electron chi connectivity index (χ4n) is 3.74. The highest BCUT2D eigenvalue weighted by atomic mass is 35.5. The Bertz CT molecular complexity index is 1450. The summed E-state index contributed by atoms with van der Waals surface area (Å²) in [6.45, 7) is 3.78. The quantitative estimate of drug-likeness (QED) is 0.387. The van der Waals surface area contributed by atoms with E-state index in [-0.39, 0.29) is 18.1 Å². The van der Waals surface area contributed by atoms with E-state index >= 15 is 0 Å². The first-order chi connectivity index (χ1) is 16.3. The van der Waals surface area contributed by atoms with E-state index in [1.54, 1.807) is 32.2 Å². The molecule has 34 heavy (non-hydrogen) atoms. The Morgan fingerprint density at radius 3 is 2.82 bits per heavy atom. The highest BCUT2D eigenvalue weighted by molar-refractivity contribution is 6.38. The summed E-state index contributed by atoms with van der Waals surface area (Å²) in [5.41, 5.74) is 4.56. The maximum Gasteiger partial charge on any atom is 0.269 e. The molecular formula is C26H23ClN6O. The maximum atomic E-state index is 12.6. The molecule has 5 rings (SSSR count). The van der Waals surface area contributed by atoms with E-state index in [2.05, 4.69) is 37.4 Å².